The van der Waals surface area contributed by atoms with Crippen molar-refractivity contribution >= 4 is 5.69 Å². The standard InChI is InChI=1S/C14H21NO/c1-16-14-9-7-13(8-10-14)15-11-12-5-3-2-4-6-12/h7-10,12,15H,2-6,11H2,1H3. The monoisotopic (exact) mass is 219 g/mol. The summed E-state index contributed by atoms with van der Waals surface area (Å²) in [7, 11) is 1.70. The highest BCUT2D eigenvalue weighted by Gasteiger charge is 2.12. The number of nitrogens with one attached hydrogen (secondary N) is 1. The van der Waals surface area contributed by atoms with E-state index in [-0.39, 0.29) is 0 Å². The second-order valence-electron chi connectivity index (χ2n) is 4.61. The fourth-order valence-electron chi connectivity index (χ4n) is 2.36. The van der Waals surface area contributed by atoms with E-state index >= 15 is 0 Å². The SMILES string of the molecule is COc1ccc(NCC2CCCCC2)cc1. The Balaban J connectivity index is 1.79. The molecule has 0 aromatic heterocycles. The van der Waals surface area contributed by atoms with Gasteiger partial charge in [-0.2, -0.15) is 0 Å². The quantitative estimate of drug-likeness (QED) is 0.834. The van der Waals surface area contributed by atoms with E-state index in [1.54, 1.807) is 7.11 Å². The second-order valence-corrected chi connectivity index (χ2v) is 4.61. The van der Waals surface area contributed by atoms with Gasteiger partial charge in [-0.1, -0.05) is 19.3 Å². The number of methoxy groups -OCH3 is 1. The molecule has 88 valence electrons. The molecule has 0 spiro atoms. The van der Waals surface area contributed by atoms with Gasteiger partial charge in [0.25, 0.3) is 0 Å². The molecule has 1 aliphatic carbocycles. The molecule has 2 nitrogen and oxygen atoms in total. The number of hydrogen-bond acceptors (Lipinski definition) is 2. The van der Waals surface area contributed by atoms with Crippen LogP contribution in [0.25, 0.3) is 0 Å². The maximum Gasteiger partial charge on any atom is 0.119 e. The minimum atomic E-state index is 0.871. The van der Waals surface area contributed by atoms with Crippen LogP contribution in [0.15, 0.2) is 24.3 Å². The van der Waals surface area contributed by atoms with Crippen LogP contribution in [0, 0.1) is 5.92 Å². The Morgan fingerprint density at radius 3 is 2.44 bits per heavy atom. The van der Waals surface area contributed by atoms with Crippen LogP contribution in [-0.2, 0) is 0 Å². The lowest BCUT2D eigenvalue weighted by molar-refractivity contribution is 0.373. The van der Waals surface area contributed by atoms with Gasteiger partial charge in [-0.25, -0.2) is 0 Å². The fourth-order valence-corrected chi connectivity index (χ4v) is 2.36. The van der Waals surface area contributed by atoms with E-state index in [1.165, 1.54) is 37.8 Å². The molecule has 0 radical (unpaired) electrons. The minimum absolute atomic E-state index is 0.871. The maximum absolute atomic E-state index is 5.14. The highest BCUT2D eigenvalue weighted by Crippen LogP contribution is 2.24. The van der Waals surface area contributed by atoms with Gasteiger partial charge in [0.05, 0.1) is 7.11 Å². The maximum atomic E-state index is 5.14. The van der Waals surface area contributed by atoms with E-state index in [1.807, 2.05) is 12.1 Å². The van der Waals surface area contributed by atoms with Crippen LogP contribution in [0.1, 0.15) is 32.1 Å². The van der Waals surface area contributed by atoms with Gasteiger partial charge in [0.1, 0.15) is 5.75 Å². The van der Waals surface area contributed by atoms with Gasteiger partial charge < -0.3 is 10.1 Å². The predicted molar refractivity (Wildman–Crippen MR) is 68.1 cm³/mol. The molecule has 2 heteroatoms. The van der Waals surface area contributed by atoms with Crippen molar-refractivity contribution < 1.29 is 4.74 Å². The third-order valence-electron chi connectivity index (χ3n) is 3.41. The first-order chi connectivity index (χ1) is 7.88. The summed E-state index contributed by atoms with van der Waals surface area (Å²) in [4.78, 5) is 0. The predicted octanol–water partition coefficient (Wildman–Crippen LogP) is 3.69. The fraction of sp³-hybridized carbons (Fsp3) is 0.571. The lowest BCUT2D eigenvalue weighted by Gasteiger charge is -2.22. The zero-order chi connectivity index (χ0) is 11.2. The summed E-state index contributed by atoms with van der Waals surface area (Å²) in [6.45, 7) is 1.12. The highest BCUT2D eigenvalue weighted by molar-refractivity contribution is 5.46. The first kappa shape index (κ1) is 11.3. The molecule has 1 fully saturated rings. The zero-order valence-corrected chi connectivity index (χ0v) is 10.0. The Morgan fingerprint density at radius 1 is 1.12 bits per heavy atom. The van der Waals surface area contributed by atoms with Crippen molar-refractivity contribution in [1.29, 1.82) is 0 Å². The van der Waals surface area contributed by atoms with Crippen LogP contribution in [0.3, 0.4) is 0 Å². The molecular formula is C14H21NO. The summed E-state index contributed by atoms with van der Waals surface area (Å²) >= 11 is 0. The third kappa shape index (κ3) is 3.16. The first-order valence-electron chi connectivity index (χ1n) is 6.26. The molecule has 16 heavy (non-hydrogen) atoms. The van der Waals surface area contributed by atoms with Gasteiger partial charge in [-0.15, -0.1) is 0 Å². The average molecular weight is 219 g/mol. The van der Waals surface area contributed by atoms with Crippen LogP contribution in [0.5, 0.6) is 5.75 Å². The Hall–Kier alpha value is -1.18. The number of benzene rings is 1. The van der Waals surface area contributed by atoms with E-state index in [9.17, 15) is 0 Å². The number of hydrogen-bond donors (Lipinski definition) is 1. The van der Waals surface area contributed by atoms with Crippen LogP contribution in [0.4, 0.5) is 5.69 Å². The van der Waals surface area contributed by atoms with E-state index in [0.29, 0.717) is 0 Å². The van der Waals surface area contributed by atoms with Crippen LogP contribution < -0.4 is 10.1 Å². The largest absolute Gasteiger partial charge is 0.497 e. The summed E-state index contributed by atoms with van der Waals surface area (Å²) < 4.78 is 5.14. The van der Waals surface area contributed by atoms with Crippen molar-refractivity contribution in [2.24, 2.45) is 5.92 Å². The van der Waals surface area contributed by atoms with Crippen LogP contribution in [-0.4, -0.2) is 13.7 Å². The van der Waals surface area contributed by atoms with Gasteiger partial charge >= 0.3 is 0 Å². The molecule has 2 rings (SSSR count). The van der Waals surface area contributed by atoms with Gasteiger partial charge in [0.2, 0.25) is 0 Å². The van der Waals surface area contributed by atoms with Gasteiger partial charge in [0.15, 0.2) is 0 Å². The minimum Gasteiger partial charge on any atom is -0.497 e. The molecule has 0 heterocycles. The number of anilines is 1. The van der Waals surface area contributed by atoms with E-state index < -0.39 is 0 Å². The molecule has 0 amide bonds. The van der Waals surface area contributed by atoms with Crippen molar-refractivity contribution in [2.75, 3.05) is 19.0 Å². The van der Waals surface area contributed by atoms with Crippen molar-refractivity contribution in [3.05, 3.63) is 24.3 Å². The molecule has 1 aromatic rings. The van der Waals surface area contributed by atoms with Gasteiger partial charge in [-0.05, 0) is 43.0 Å². The van der Waals surface area contributed by atoms with Crippen molar-refractivity contribution in [3.63, 3.8) is 0 Å². The summed E-state index contributed by atoms with van der Waals surface area (Å²) in [6.07, 6.45) is 7.04. The van der Waals surface area contributed by atoms with Crippen molar-refractivity contribution in [3.8, 4) is 5.75 Å². The molecule has 1 N–H and O–H groups in total. The summed E-state index contributed by atoms with van der Waals surface area (Å²) in [6, 6.07) is 8.18. The summed E-state index contributed by atoms with van der Waals surface area (Å²) in [5.41, 5.74) is 1.20. The number of rotatable bonds is 4. The summed E-state index contributed by atoms with van der Waals surface area (Å²) in [5.74, 6) is 1.79. The van der Waals surface area contributed by atoms with Crippen molar-refractivity contribution in [2.45, 2.75) is 32.1 Å². The molecule has 0 atom stereocenters. The molecule has 0 bridgehead atoms. The van der Waals surface area contributed by atoms with Crippen LogP contribution in [0.2, 0.25) is 0 Å². The zero-order valence-electron chi connectivity index (χ0n) is 10.0. The topological polar surface area (TPSA) is 21.3 Å². The first-order valence-corrected chi connectivity index (χ1v) is 6.26. The smallest absolute Gasteiger partial charge is 0.119 e. The Labute approximate surface area is 98.0 Å². The average Bonchev–Trinajstić information content (AvgIpc) is 2.38. The molecule has 0 saturated heterocycles. The van der Waals surface area contributed by atoms with E-state index in [0.717, 1.165) is 18.2 Å². The number of ether oxygens (including phenoxy) is 1. The molecule has 1 aliphatic rings. The second kappa shape index (κ2) is 5.78. The van der Waals surface area contributed by atoms with Gasteiger partial charge in [0, 0.05) is 12.2 Å². The normalized spacial score (nSPS) is 17.1. The lowest BCUT2D eigenvalue weighted by atomic mass is 9.89. The van der Waals surface area contributed by atoms with Crippen LogP contribution >= 0.6 is 0 Å². The Morgan fingerprint density at radius 2 is 1.81 bits per heavy atom. The van der Waals surface area contributed by atoms with Crippen molar-refractivity contribution in [1.82, 2.24) is 0 Å². The summed E-state index contributed by atoms with van der Waals surface area (Å²) in [5, 5.41) is 3.51. The van der Waals surface area contributed by atoms with Gasteiger partial charge in [-0.3, -0.25) is 0 Å². The Kier molecular flexibility index (Phi) is 4.09. The molecule has 0 aliphatic heterocycles. The highest BCUT2D eigenvalue weighted by atomic mass is 16.5. The lowest BCUT2D eigenvalue weighted by Crippen LogP contribution is -2.16. The Bertz CT molecular complexity index is 301. The molecule has 1 aromatic carbocycles. The molecule has 1 saturated carbocycles. The molecule has 0 unspecified atom stereocenters. The van der Waals surface area contributed by atoms with E-state index in [4.69, 9.17) is 4.74 Å². The van der Waals surface area contributed by atoms with E-state index in [2.05, 4.69) is 17.4 Å². The third-order valence-corrected chi connectivity index (χ3v) is 3.41. The molecular weight excluding hydrogens is 198 g/mol.